The van der Waals surface area contributed by atoms with E-state index in [1.54, 1.807) is 44.2 Å². The molecule has 0 aliphatic heterocycles. The largest absolute Gasteiger partial charge is 0.462 e. The third kappa shape index (κ3) is 5.37. The van der Waals surface area contributed by atoms with Gasteiger partial charge < -0.3 is 15.4 Å². The van der Waals surface area contributed by atoms with E-state index in [0.717, 1.165) is 0 Å². The molecule has 1 amide bonds. The topological polar surface area (TPSA) is 91.2 Å². The number of hydrogen-bond donors (Lipinski definition) is 2. The summed E-state index contributed by atoms with van der Waals surface area (Å²) in [6.45, 7) is 3.65. The molecule has 6 heteroatoms. The van der Waals surface area contributed by atoms with Gasteiger partial charge in [-0.2, -0.15) is 5.26 Å². The first-order valence-corrected chi connectivity index (χ1v) is 6.54. The molecule has 0 saturated heterocycles. The molecule has 0 aliphatic carbocycles. The zero-order valence-corrected chi connectivity index (χ0v) is 12.0. The molecule has 6 nitrogen and oxygen atoms in total. The first-order valence-electron chi connectivity index (χ1n) is 6.54. The number of nitriles is 1. The quantitative estimate of drug-likeness (QED) is 0.476. The standard InChI is InChI=1S/C15H17N3O3/c1-3-14(19)18-13-7-5-12(6-8-13)17-10-11(9-16)15(20)21-4-2/h5-8,10,17H,3-4H2,1-2H3,(H,18,19)/b11-10+. The number of anilines is 2. The Labute approximate surface area is 123 Å². The number of carbonyl (C=O) groups excluding carboxylic acids is 2. The van der Waals surface area contributed by atoms with Crippen LogP contribution in [0.4, 0.5) is 11.4 Å². The molecule has 1 aromatic rings. The van der Waals surface area contributed by atoms with E-state index in [2.05, 4.69) is 10.6 Å². The second-order valence-corrected chi connectivity index (χ2v) is 4.01. The summed E-state index contributed by atoms with van der Waals surface area (Å²) >= 11 is 0. The van der Waals surface area contributed by atoms with Gasteiger partial charge in [0.05, 0.1) is 6.61 Å². The molecule has 0 heterocycles. The molecule has 0 bridgehead atoms. The van der Waals surface area contributed by atoms with Gasteiger partial charge in [0.25, 0.3) is 0 Å². The van der Waals surface area contributed by atoms with Crippen LogP contribution in [-0.4, -0.2) is 18.5 Å². The Hall–Kier alpha value is -2.81. The summed E-state index contributed by atoms with van der Waals surface area (Å²) in [5.74, 6) is -0.732. The van der Waals surface area contributed by atoms with E-state index in [9.17, 15) is 9.59 Å². The van der Waals surface area contributed by atoms with Crippen molar-refractivity contribution in [3.05, 3.63) is 36.0 Å². The van der Waals surface area contributed by atoms with Crippen molar-refractivity contribution >= 4 is 23.3 Å². The number of ether oxygens (including phenoxy) is 1. The number of benzene rings is 1. The highest BCUT2D eigenvalue weighted by Gasteiger charge is 2.09. The minimum Gasteiger partial charge on any atom is -0.462 e. The van der Waals surface area contributed by atoms with Crippen molar-refractivity contribution in [1.29, 1.82) is 5.26 Å². The van der Waals surface area contributed by atoms with E-state index >= 15 is 0 Å². The predicted octanol–water partition coefficient (Wildman–Crippen LogP) is 2.42. The molecule has 0 radical (unpaired) electrons. The summed E-state index contributed by atoms with van der Waals surface area (Å²) in [6, 6.07) is 8.66. The van der Waals surface area contributed by atoms with Crippen LogP contribution in [0.15, 0.2) is 36.0 Å². The van der Waals surface area contributed by atoms with Crippen LogP contribution in [0.5, 0.6) is 0 Å². The van der Waals surface area contributed by atoms with Gasteiger partial charge in [0.2, 0.25) is 5.91 Å². The number of rotatable bonds is 6. The summed E-state index contributed by atoms with van der Waals surface area (Å²) in [4.78, 5) is 22.6. The third-order valence-corrected chi connectivity index (χ3v) is 2.49. The number of carbonyl (C=O) groups is 2. The van der Waals surface area contributed by atoms with Gasteiger partial charge in [-0.05, 0) is 31.2 Å². The summed E-state index contributed by atoms with van der Waals surface area (Å²) in [6.07, 6.45) is 1.70. The Morgan fingerprint density at radius 3 is 2.38 bits per heavy atom. The van der Waals surface area contributed by atoms with Gasteiger partial charge in [-0.3, -0.25) is 4.79 Å². The van der Waals surface area contributed by atoms with E-state index in [0.29, 0.717) is 17.8 Å². The fourth-order valence-electron chi connectivity index (χ4n) is 1.40. The van der Waals surface area contributed by atoms with Crippen LogP contribution in [0.3, 0.4) is 0 Å². The van der Waals surface area contributed by atoms with Crippen molar-refractivity contribution in [2.45, 2.75) is 20.3 Å². The Bertz CT molecular complexity index is 571. The summed E-state index contributed by atoms with van der Waals surface area (Å²) in [7, 11) is 0. The fraction of sp³-hybridized carbons (Fsp3) is 0.267. The van der Waals surface area contributed by atoms with Gasteiger partial charge in [-0.1, -0.05) is 6.92 Å². The van der Waals surface area contributed by atoms with Crippen molar-refractivity contribution in [2.75, 3.05) is 17.2 Å². The lowest BCUT2D eigenvalue weighted by Gasteiger charge is -2.06. The van der Waals surface area contributed by atoms with E-state index < -0.39 is 5.97 Å². The first kappa shape index (κ1) is 16.2. The van der Waals surface area contributed by atoms with E-state index in [1.165, 1.54) is 6.20 Å². The maximum Gasteiger partial charge on any atom is 0.350 e. The highest BCUT2D eigenvalue weighted by Crippen LogP contribution is 2.14. The molecule has 21 heavy (non-hydrogen) atoms. The fourth-order valence-corrected chi connectivity index (χ4v) is 1.40. The lowest BCUT2D eigenvalue weighted by Crippen LogP contribution is -2.09. The molecule has 2 N–H and O–H groups in total. The molecule has 0 aromatic heterocycles. The summed E-state index contributed by atoms with van der Waals surface area (Å²) < 4.78 is 4.74. The van der Waals surface area contributed by atoms with Gasteiger partial charge in [0, 0.05) is 24.0 Å². The summed E-state index contributed by atoms with van der Waals surface area (Å²) in [5.41, 5.74) is 1.25. The molecule has 0 spiro atoms. The SMILES string of the molecule is CCOC(=O)/C(C#N)=C/Nc1ccc(NC(=O)CC)cc1. The normalized spacial score (nSPS) is 10.4. The molecule has 0 fully saturated rings. The van der Waals surface area contributed by atoms with Gasteiger partial charge >= 0.3 is 5.97 Å². The molecular weight excluding hydrogens is 270 g/mol. The second kappa shape index (κ2) is 8.38. The molecule has 1 rings (SSSR count). The molecular formula is C15H17N3O3. The van der Waals surface area contributed by atoms with E-state index in [-0.39, 0.29) is 18.1 Å². The number of nitrogens with zero attached hydrogens (tertiary/aromatic N) is 1. The van der Waals surface area contributed by atoms with Crippen LogP contribution in [0, 0.1) is 11.3 Å². The monoisotopic (exact) mass is 287 g/mol. The Morgan fingerprint density at radius 2 is 1.86 bits per heavy atom. The number of hydrogen-bond acceptors (Lipinski definition) is 5. The molecule has 110 valence electrons. The Balaban J connectivity index is 2.69. The van der Waals surface area contributed by atoms with Gasteiger partial charge in [0.1, 0.15) is 6.07 Å². The number of nitrogens with one attached hydrogen (secondary N) is 2. The van der Waals surface area contributed by atoms with Crippen LogP contribution in [-0.2, 0) is 14.3 Å². The zero-order valence-electron chi connectivity index (χ0n) is 12.0. The summed E-state index contributed by atoms with van der Waals surface area (Å²) in [5, 5.41) is 14.4. The number of esters is 1. The van der Waals surface area contributed by atoms with Crippen molar-refractivity contribution < 1.29 is 14.3 Å². The lowest BCUT2D eigenvalue weighted by atomic mass is 10.2. The third-order valence-electron chi connectivity index (χ3n) is 2.49. The minimum atomic E-state index is -0.667. The van der Waals surface area contributed by atoms with E-state index in [4.69, 9.17) is 10.00 Å². The predicted molar refractivity (Wildman–Crippen MR) is 79.3 cm³/mol. The highest BCUT2D eigenvalue weighted by atomic mass is 16.5. The van der Waals surface area contributed by atoms with Crippen LogP contribution >= 0.6 is 0 Å². The van der Waals surface area contributed by atoms with Crippen LogP contribution in [0.2, 0.25) is 0 Å². The van der Waals surface area contributed by atoms with E-state index in [1.807, 2.05) is 0 Å². The molecule has 0 atom stereocenters. The van der Waals surface area contributed by atoms with Gasteiger partial charge in [-0.25, -0.2) is 4.79 Å². The minimum absolute atomic E-state index is 0.0651. The maximum atomic E-state index is 11.4. The average molecular weight is 287 g/mol. The van der Waals surface area contributed by atoms with Crippen LogP contribution in [0.1, 0.15) is 20.3 Å². The smallest absolute Gasteiger partial charge is 0.350 e. The lowest BCUT2D eigenvalue weighted by molar-refractivity contribution is -0.138. The van der Waals surface area contributed by atoms with Gasteiger partial charge in [0.15, 0.2) is 5.57 Å². The molecule has 0 unspecified atom stereocenters. The maximum absolute atomic E-state index is 11.4. The molecule has 0 saturated carbocycles. The Kier molecular flexibility index (Phi) is 6.48. The molecule has 1 aromatic carbocycles. The molecule has 0 aliphatic rings. The van der Waals surface area contributed by atoms with Crippen molar-refractivity contribution in [3.63, 3.8) is 0 Å². The van der Waals surface area contributed by atoms with Gasteiger partial charge in [-0.15, -0.1) is 0 Å². The van der Waals surface area contributed by atoms with Crippen LogP contribution < -0.4 is 10.6 Å². The zero-order chi connectivity index (χ0) is 15.7. The number of amides is 1. The van der Waals surface area contributed by atoms with Crippen molar-refractivity contribution in [3.8, 4) is 6.07 Å². The Morgan fingerprint density at radius 1 is 1.24 bits per heavy atom. The second-order valence-electron chi connectivity index (χ2n) is 4.01. The average Bonchev–Trinajstić information content (AvgIpc) is 2.49. The van der Waals surface area contributed by atoms with Crippen molar-refractivity contribution in [2.24, 2.45) is 0 Å². The highest BCUT2D eigenvalue weighted by molar-refractivity contribution is 5.93. The first-order chi connectivity index (χ1) is 10.1. The van der Waals surface area contributed by atoms with Crippen molar-refractivity contribution in [1.82, 2.24) is 0 Å². The van der Waals surface area contributed by atoms with Crippen LogP contribution in [0.25, 0.3) is 0 Å².